The molecule has 0 radical (unpaired) electrons. The fraction of sp³-hybridized carbons (Fsp3) is 0.412. The SMILES string of the molecule is CC1CCC(N)C(Oc2ccc3ccccc3c2)C1. The van der Waals surface area contributed by atoms with Crippen LogP contribution in [0.5, 0.6) is 5.75 Å². The fourth-order valence-electron chi connectivity index (χ4n) is 2.90. The lowest BCUT2D eigenvalue weighted by Crippen LogP contribution is -2.43. The summed E-state index contributed by atoms with van der Waals surface area (Å²) in [6, 6.07) is 14.8. The molecule has 2 N–H and O–H groups in total. The minimum absolute atomic E-state index is 0.157. The van der Waals surface area contributed by atoms with Gasteiger partial charge >= 0.3 is 0 Å². The molecule has 1 aliphatic carbocycles. The lowest BCUT2D eigenvalue weighted by atomic mass is 9.85. The lowest BCUT2D eigenvalue weighted by molar-refractivity contribution is 0.108. The summed E-state index contributed by atoms with van der Waals surface area (Å²) in [5, 5.41) is 2.47. The number of ether oxygens (including phenoxy) is 1. The van der Waals surface area contributed by atoms with Gasteiger partial charge in [-0.1, -0.05) is 37.3 Å². The zero-order chi connectivity index (χ0) is 13.2. The highest BCUT2D eigenvalue weighted by molar-refractivity contribution is 5.83. The molecule has 1 saturated carbocycles. The van der Waals surface area contributed by atoms with Crippen molar-refractivity contribution in [2.24, 2.45) is 11.7 Å². The molecule has 3 rings (SSSR count). The van der Waals surface area contributed by atoms with Crippen LogP contribution in [0.4, 0.5) is 0 Å². The standard InChI is InChI=1S/C17H21NO/c1-12-6-9-16(18)17(10-12)19-15-8-7-13-4-2-3-5-14(13)11-15/h2-5,7-8,11-12,16-17H,6,9-10,18H2,1H3. The van der Waals surface area contributed by atoms with Crippen LogP contribution in [0.2, 0.25) is 0 Å². The molecule has 3 atom stereocenters. The minimum atomic E-state index is 0.157. The zero-order valence-electron chi connectivity index (χ0n) is 11.4. The van der Waals surface area contributed by atoms with Crippen molar-refractivity contribution in [3.63, 3.8) is 0 Å². The Kier molecular flexibility index (Phi) is 3.43. The van der Waals surface area contributed by atoms with E-state index in [-0.39, 0.29) is 12.1 Å². The summed E-state index contributed by atoms with van der Waals surface area (Å²) in [6.45, 7) is 2.28. The molecule has 0 aromatic heterocycles. The number of hydrogen-bond acceptors (Lipinski definition) is 2. The highest BCUT2D eigenvalue weighted by Gasteiger charge is 2.27. The average Bonchev–Trinajstić information content (AvgIpc) is 2.43. The van der Waals surface area contributed by atoms with Crippen molar-refractivity contribution < 1.29 is 4.74 Å². The Labute approximate surface area is 114 Å². The molecule has 0 saturated heterocycles. The van der Waals surface area contributed by atoms with Gasteiger partial charge in [-0.05, 0) is 48.1 Å². The molecular weight excluding hydrogens is 234 g/mol. The van der Waals surface area contributed by atoms with Gasteiger partial charge in [0, 0.05) is 6.04 Å². The summed E-state index contributed by atoms with van der Waals surface area (Å²) in [5.41, 5.74) is 6.18. The normalized spacial score (nSPS) is 27.4. The van der Waals surface area contributed by atoms with Gasteiger partial charge in [0.05, 0.1) is 0 Å². The third-order valence-electron chi connectivity index (χ3n) is 4.11. The molecule has 2 nitrogen and oxygen atoms in total. The van der Waals surface area contributed by atoms with Crippen LogP contribution in [-0.2, 0) is 0 Å². The van der Waals surface area contributed by atoms with Crippen LogP contribution in [0.25, 0.3) is 10.8 Å². The zero-order valence-corrected chi connectivity index (χ0v) is 11.4. The quantitative estimate of drug-likeness (QED) is 0.887. The van der Waals surface area contributed by atoms with Crippen LogP contribution in [0.3, 0.4) is 0 Å². The van der Waals surface area contributed by atoms with Gasteiger partial charge < -0.3 is 10.5 Å². The maximum Gasteiger partial charge on any atom is 0.120 e. The van der Waals surface area contributed by atoms with Crippen molar-refractivity contribution in [3.05, 3.63) is 42.5 Å². The molecule has 0 bridgehead atoms. The summed E-state index contributed by atoms with van der Waals surface area (Å²) in [5.74, 6) is 1.65. The van der Waals surface area contributed by atoms with Crippen LogP contribution in [0.15, 0.2) is 42.5 Å². The van der Waals surface area contributed by atoms with Gasteiger partial charge in [0.25, 0.3) is 0 Å². The van der Waals surface area contributed by atoms with E-state index in [9.17, 15) is 0 Å². The van der Waals surface area contributed by atoms with E-state index in [1.807, 2.05) is 6.07 Å². The molecule has 100 valence electrons. The molecule has 2 aromatic carbocycles. The maximum absolute atomic E-state index is 6.18. The van der Waals surface area contributed by atoms with E-state index >= 15 is 0 Å². The van der Waals surface area contributed by atoms with Crippen molar-refractivity contribution in [1.82, 2.24) is 0 Å². The lowest BCUT2D eigenvalue weighted by Gasteiger charge is -2.32. The van der Waals surface area contributed by atoms with Crippen molar-refractivity contribution in [2.45, 2.75) is 38.3 Å². The second-order valence-electron chi connectivity index (χ2n) is 5.75. The molecule has 19 heavy (non-hydrogen) atoms. The van der Waals surface area contributed by atoms with Crippen molar-refractivity contribution in [3.8, 4) is 5.75 Å². The number of hydrogen-bond donors (Lipinski definition) is 1. The molecule has 1 aliphatic rings. The molecule has 2 aromatic rings. The number of benzene rings is 2. The van der Waals surface area contributed by atoms with E-state index in [0.717, 1.165) is 18.6 Å². The van der Waals surface area contributed by atoms with Crippen molar-refractivity contribution in [2.75, 3.05) is 0 Å². The Morgan fingerprint density at radius 3 is 2.68 bits per heavy atom. The first-order valence-electron chi connectivity index (χ1n) is 7.13. The molecule has 0 spiro atoms. The van der Waals surface area contributed by atoms with Gasteiger partial charge in [-0.3, -0.25) is 0 Å². The van der Waals surface area contributed by atoms with E-state index in [2.05, 4.69) is 43.3 Å². The fourth-order valence-corrected chi connectivity index (χ4v) is 2.90. The van der Waals surface area contributed by atoms with Gasteiger partial charge in [-0.2, -0.15) is 0 Å². The van der Waals surface area contributed by atoms with Crippen LogP contribution in [0.1, 0.15) is 26.2 Å². The van der Waals surface area contributed by atoms with E-state index in [1.165, 1.54) is 17.2 Å². The van der Waals surface area contributed by atoms with Gasteiger partial charge in [-0.25, -0.2) is 0 Å². The molecule has 0 heterocycles. The summed E-state index contributed by atoms with van der Waals surface area (Å²) in [7, 11) is 0. The molecular formula is C17H21NO. The van der Waals surface area contributed by atoms with Crippen LogP contribution < -0.4 is 10.5 Å². The summed E-state index contributed by atoms with van der Waals surface area (Å²) in [4.78, 5) is 0. The Balaban J connectivity index is 1.80. The Morgan fingerprint density at radius 1 is 1.05 bits per heavy atom. The highest BCUT2D eigenvalue weighted by Crippen LogP contribution is 2.28. The summed E-state index contributed by atoms with van der Waals surface area (Å²) in [6.07, 6.45) is 3.51. The molecule has 0 amide bonds. The van der Waals surface area contributed by atoms with Crippen LogP contribution in [0, 0.1) is 5.92 Å². The third-order valence-corrected chi connectivity index (χ3v) is 4.11. The van der Waals surface area contributed by atoms with Gasteiger partial charge in [-0.15, -0.1) is 0 Å². The highest BCUT2D eigenvalue weighted by atomic mass is 16.5. The van der Waals surface area contributed by atoms with E-state index in [1.54, 1.807) is 0 Å². The molecule has 3 unspecified atom stereocenters. The van der Waals surface area contributed by atoms with Crippen molar-refractivity contribution in [1.29, 1.82) is 0 Å². The van der Waals surface area contributed by atoms with Gasteiger partial charge in [0.2, 0.25) is 0 Å². The first kappa shape index (κ1) is 12.5. The average molecular weight is 255 g/mol. The number of fused-ring (bicyclic) bond motifs is 1. The third kappa shape index (κ3) is 2.74. The van der Waals surface area contributed by atoms with E-state index in [4.69, 9.17) is 10.5 Å². The molecule has 2 heteroatoms. The van der Waals surface area contributed by atoms with Crippen LogP contribution >= 0.6 is 0 Å². The second kappa shape index (κ2) is 5.22. The van der Waals surface area contributed by atoms with E-state index in [0.29, 0.717) is 5.92 Å². The number of rotatable bonds is 2. The smallest absolute Gasteiger partial charge is 0.120 e. The number of nitrogens with two attached hydrogens (primary N) is 1. The Bertz CT molecular complexity index is 566. The summed E-state index contributed by atoms with van der Waals surface area (Å²) < 4.78 is 6.12. The van der Waals surface area contributed by atoms with Gasteiger partial charge in [0.1, 0.15) is 11.9 Å². The monoisotopic (exact) mass is 255 g/mol. The largest absolute Gasteiger partial charge is 0.489 e. The summed E-state index contributed by atoms with van der Waals surface area (Å²) >= 11 is 0. The Morgan fingerprint density at radius 2 is 1.84 bits per heavy atom. The minimum Gasteiger partial charge on any atom is -0.489 e. The Hall–Kier alpha value is -1.54. The molecule has 1 fully saturated rings. The first-order chi connectivity index (χ1) is 9.22. The second-order valence-corrected chi connectivity index (χ2v) is 5.75. The van der Waals surface area contributed by atoms with Crippen LogP contribution in [-0.4, -0.2) is 12.1 Å². The first-order valence-corrected chi connectivity index (χ1v) is 7.13. The predicted molar refractivity (Wildman–Crippen MR) is 79.4 cm³/mol. The topological polar surface area (TPSA) is 35.2 Å². The van der Waals surface area contributed by atoms with Crippen molar-refractivity contribution >= 4 is 10.8 Å². The molecule has 0 aliphatic heterocycles. The van der Waals surface area contributed by atoms with Gasteiger partial charge in [0.15, 0.2) is 0 Å². The predicted octanol–water partition coefficient (Wildman–Crippen LogP) is 3.73. The van der Waals surface area contributed by atoms with E-state index < -0.39 is 0 Å². The maximum atomic E-state index is 6.18.